The van der Waals surface area contributed by atoms with Crippen molar-refractivity contribution in [1.29, 1.82) is 5.26 Å². The third kappa shape index (κ3) is 4.41. The molecule has 2 aromatic carbocycles. The molecule has 7 heteroatoms. The first-order chi connectivity index (χ1) is 16.4. The molecule has 0 radical (unpaired) electrons. The molecule has 0 amide bonds. The Hall–Kier alpha value is -4.02. The summed E-state index contributed by atoms with van der Waals surface area (Å²) in [6, 6.07) is 15.2. The minimum Gasteiger partial charge on any atom is -0.396 e. The molecule has 0 spiro atoms. The summed E-state index contributed by atoms with van der Waals surface area (Å²) in [5, 5.41) is 24.3. The van der Waals surface area contributed by atoms with Gasteiger partial charge in [-0.15, -0.1) is 0 Å². The van der Waals surface area contributed by atoms with Gasteiger partial charge in [-0.1, -0.05) is 30.3 Å². The van der Waals surface area contributed by atoms with Gasteiger partial charge in [0.15, 0.2) is 5.78 Å². The van der Waals surface area contributed by atoms with Crippen molar-refractivity contribution in [3.63, 3.8) is 0 Å². The van der Waals surface area contributed by atoms with Gasteiger partial charge >= 0.3 is 0 Å². The van der Waals surface area contributed by atoms with Crippen molar-refractivity contribution in [2.75, 3.05) is 6.61 Å². The Bertz CT molecular complexity index is 1470. The second-order valence-corrected chi connectivity index (χ2v) is 8.42. The number of aliphatic hydroxyl groups excluding tert-OH is 1. The standard InChI is InChI=1S/C27H26N4O3/c1-30-17-18(7-3-4-12-32)13-22(27(30)34)26(33)14-19-8-5-9-20(23(19)15-28)21-10-6-11-25-24(21)16-29-31(25)2/h5-6,8-11,13,16-17,32H,3-4,7,12,14H2,1-2H3. The highest BCUT2D eigenvalue weighted by molar-refractivity contribution is 5.99. The van der Waals surface area contributed by atoms with Gasteiger partial charge in [0.25, 0.3) is 5.56 Å². The molecule has 0 aliphatic rings. The van der Waals surface area contributed by atoms with Crippen LogP contribution < -0.4 is 5.56 Å². The molecule has 0 bridgehead atoms. The summed E-state index contributed by atoms with van der Waals surface area (Å²) >= 11 is 0. The van der Waals surface area contributed by atoms with E-state index in [1.807, 2.05) is 37.4 Å². The van der Waals surface area contributed by atoms with E-state index in [1.54, 1.807) is 36.3 Å². The van der Waals surface area contributed by atoms with Gasteiger partial charge in [-0.05, 0) is 48.1 Å². The molecule has 0 aliphatic carbocycles. The molecule has 2 aromatic heterocycles. The third-order valence-electron chi connectivity index (χ3n) is 6.11. The maximum atomic E-state index is 13.2. The molecular weight excluding hydrogens is 428 g/mol. The lowest BCUT2D eigenvalue weighted by molar-refractivity contribution is 0.0991. The highest BCUT2D eigenvalue weighted by Crippen LogP contribution is 2.32. The highest BCUT2D eigenvalue weighted by Gasteiger charge is 2.19. The van der Waals surface area contributed by atoms with E-state index in [9.17, 15) is 14.9 Å². The predicted octanol–water partition coefficient (Wildman–Crippen LogP) is 3.55. The van der Waals surface area contributed by atoms with Crippen LogP contribution in [0.2, 0.25) is 0 Å². The van der Waals surface area contributed by atoms with E-state index in [0.717, 1.165) is 34.0 Å². The Morgan fingerprint density at radius 2 is 1.88 bits per heavy atom. The molecule has 0 unspecified atom stereocenters. The van der Waals surface area contributed by atoms with Crippen LogP contribution in [-0.2, 0) is 26.9 Å². The smallest absolute Gasteiger partial charge is 0.261 e. The summed E-state index contributed by atoms with van der Waals surface area (Å²) in [6.07, 6.45) is 5.55. The van der Waals surface area contributed by atoms with E-state index in [4.69, 9.17) is 5.11 Å². The van der Waals surface area contributed by atoms with Crippen LogP contribution in [0.15, 0.2) is 59.7 Å². The van der Waals surface area contributed by atoms with Gasteiger partial charge in [-0.3, -0.25) is 14.3 Å². The average Bonchev–Trinajstić information content (AvgIpc) is 3.22. The largest absolute Gasteiger partial charge is 0.396 e. The zero-order valence-corrected chi connectivity index (χ0v) is 19.3. The molecule has 1 N–H and O–H groups in total. The molecule has 0 fully saturated rings. The first kappa shape index (κ1) is 23.1. The van der Waals surface area contributed by atoms with Gasteiger partial charge in [0.2, 0.25) is 0 Å². The molecular formula is C27H26N4O3. The number of carbonyl (C=O) groups is 1. The van der Waals surface area contributed by atoms with Crippen LogP contribution in [0, 0.1) is 11.3 Å². The van der Waals surface area contributed by atoms with Crippen molar-refractivity contribution in [2.24, 2.45) is 14.1 Å². The Balaban J connectivity index is 1.71. The number of hydrogen-bond donors (Lipinski definition) is 1. The quantitative estimate of drug-likeness (QED) is 0.324. The van der Waals surface area contributed by atoms with E-state index in [1.165, 1.54) is 4.57 Å². The zero-order valence-electron chi connectivity index (χ0n) is 19.3. The van der Waals surface area contributed by atoms with Crippen molar-refractivity contribution >= 4 is 16.7 Å². The molecule has 4 aromatic rings. The topological polar surface area (TPSA) is 101 Å². The summed E-state index contributed by atoms with van der Waals surface area (Å²) in [5.74, 6) is -0.321. The van der Waals surface area contributed by atoms with Crippen LogP contribution in [0.3, 0.4) is 0 Å². The third-order valence-corrected chi connectivity index (χ3v) is 6.11. The normalized spacial score (nSPS) is 11.0. The number of aryl methyl sites for hydroxylation is 3. The van der Waals surface area contributed by atoms with Crippen LogP contribution in [0.4, 0.5) is 0 Å². The maximum absolute atomic E-state index is 13.2. The van der Waals surface area contributed by atoms with Gasteiger partial charge in [0.05, 0.1) is 22.8 Å². The fourth-order valence-electron chi connectivity index (χ4n) is 4.34. The van der Waals surface area contributed by atoms with Gasteiger partial charge in [0, 0.05) is 44.3 Å². The van der Waals surface area contributed by atoms with Crippen molar-refractivity contribution < 1.29 is 9.90 Å². The number of aromatic nitrogens is 3. The molecule has 0 saturated heterocycles. The number of rotatable bonds is 8. The van der Waals surface area contributed by atoms with Crippen LogP contribution in [0.5, 0.6) is 0 Å². The Kier molecular flexibility index (Phi) is 6.71. The summed E-state index contributed by atoms with van der Waals surface area (Å²) in [4.78, 5) is 25.9. The Morgan fingerprint density at radius 3 is 2.65 bits per heavy atom. The molecule has 0 atom stereocenters. The number of nitrogens with zero attached hydrogens (tertiary/aromatic N) is 4. The van der Waals surface area contributed by atoms with Gasteiger partial charge in [-0.25, -0.2) is 0 Å². The van der Waals surface area contributed by atoms with E-state index >= 15 is 0 Å². The van der Waals surface area contributed by atoms with Crippen LogP contribution in [-0.4, -0.2) is 31.8 Å². The summed E-state index contributed by atoms with van der Waals surface area (Å²) in [5.41, 5.74) is 4.19. The summed E-state index contributed by atoms with van der Waals surface area (Å²) < 4.78 is 3.20. The number of unbranched alkanes of at least 4 members (excludes halogenated alkanes) is 1. The molecule has 172 valence electrons. The molecule has 7 nitrogen and oxygen atoms in total. The number of carbonyl (C=O) groups excluding carboxylic acids is 1. The van der Waals surface area contributed by atoms with E-state index in [2.05, 4.69) is 11.2 Å². The number of Topliss-reactive ketones (excluding diaryl/α,β-unsaturated/α-hetero) is 1. The van der Waals surface area contributed by atoms with Gasteiger partial charge in [-0.2, -0.15) is 10.4 Å². The van der Waals surface area contributed by atoms with Crippen LogP contribution >= 0.6 is 0 Å². The number of nitriles is 1. The van der Waals surface area contributed by atoms with E-state index in [0.29, 0.717) is 24.0 Å². The first-order valence-electron chi connectivity index (χ1n) is 11.2. The van der Waals surface area contributed by atoms with E-state index in [-0.39, 0.29) is 29.9 Å². The monoisotopic (exact) mass is 454 g/mol. The number of pyridine rings is 1. The minimum atomic E-state index is -0.356. The zero-order chi connectivity index (χ0) is 24.2. The molecule has 0 saturated carbocycles. The number of aliphatic hydroxyl groups is 1. The fourth-order valence-corrected chi connectivity index (χ4v) is 4.34. The SMILES string of the molecule is Cn1cc(CCCCO)cc(C(=O)Cc2cccc(-c3cccc4c3cnn4C)c2C#N)c1=O. The average molecular weight is 455 g/mol. The van der Waals surface area contributed by atoms with Crippen LogP contribution in [0.25, 0.3) is 22.0 Å². The lowest BCUT2D eigenvalue weighted by atomic mass is 9.91. The Labute approximate surface area is 197 Å². The minimum absolute atomic E-state index is 0.0465. The lowest BCUT2D eigenvalue weighted by Gasteiger charge is -2.12. The number of benzene rings is 2. The van der Waals surface area contributed by atoms with Crippen molar-refractivity contribution in [2.45, 2.75) is 25.7 Å². The number of ketones is 1. The Morgan fingerprint density at radius 1 is 1.12 bits per heavy atom. The second kappa shape index (κ2) is 9.86. The maximum Gasteiger partial charge on any atom is 0.261 e. The molecule has 0 aliphatic heterocycles. The molecule has 2 heterocycles. The highest BCUT2D eigenvalue weighted by atomic mass is 16.3. The van der Waals surface area contributed by atoms with Gasteiger partial charge < -0.3 is 9.67 Å². The summed E-state index contributed by atoms with van der Waals surface area (Å²) in [7, 11) is 3.50. The van der Waals surface area contributed by atoms with Gasteiger partial charge in [0.1, 0.15) is 6.07 Å². The molecule has 4 rings (SSSR count). The van der Waals surface area contributed by atoms with Crippen molar-refractivity contribution in [3.05, 3.63) is 87.5 Å². The molecule has 34 heavy (non-hydrogen) atoms. The van der Waals surface area contributed by atoms with Crippen molar-refractivity contribution in [3.8, 4) is 17.2 Å². The predicted molar refractivity (Wildman–Crippen MR) is 131 cm³/mol. The van der Waals surface area contributed by atoms with Crippen LogP contribution in [0.1, 0.15) is 39.9 Å². The second-order valence-electron chi connectivity index (χ2n) is 8.42. The van der Waals surface area contributed by atoms with Crippen molar-refractivity contribution in [1.82, 2.24) is 14.3 Å². The fraction of sp³-hybridized carbons (Fsp3) is 0.259. The van der Waals surface area contributed by atoms with E-state index < -0.39 is 0 Å². The number of hydrogen-bond acceptors (Lipinski definition) is 5. The first-order valence-corrected chi connectivity index (χ1v) is 11.2. The summed E-state index contributed by atoms with van der Waals surface area (Å²) in [6.45, 7) is 0.109. The lowest BCUT2D eigenvalue weighted by Crippen LogP contribution is -2.25. The number of fused-ring (bicyclic) bond motifs is 1.